The maximum atomic E-state index is 13.7. The molecule has 2 nitrogen and oxygen atoms in total. The molecule has 0 aliphatic heterocycles. The van der Waals surface area contributed by atoms with Crippen molar-refractivity contribution in [1.29, 1.82) is 0 Å². The van der Waals surface area contributed by atoms with Crippen molar-refractivity contribution in [3.8, 4) is 0 Å². The standard InChI is InChI=1S/C13H19F2NO/c1-9(6-7-17-3)13(16-2)11-8-10(14)4-5-12(11)15/h4-5,8-9,13,16H,6-7H2,1-3H3. The monoisotopic (exact) mass is 243 g/mol. The lowest BCUT2D eigenvalue weighted by molar-refractivity contribution is 0.171. The fourth-order valence-corrected chi connectivity index (χ4v) is 1.97. The van der Waals surface area contributed by atoms with E-state index >= 15 is 0 Å². The van der Waals surface area contributed by atoms with E-state index in [1.54, 1.807) is 14.2 Å². The Hall–Kier alpha value is -1.00. The molecule has 0 saturated carbocycles. The summed E-state index contributed by atoms with van der Waals surface area (Å²) in [6.45, 7) is 2.60. The molecule has 17 heavy (non-hydrogen) atoms. The molecule has 96 valence electrons. The van der Waals surface area contributed by atoms with E-state index in [9.17, 15) is 8.78 Å². The molecule has 4 heteroatoms. The summed E-state index contributed by atoms with van der Waals surface area (Å²) in [5.74, 6) is -0.633. The van der Waals surface area contributed by atoms with Gasteiger partial charge in [-0.05, 0) is 37.6 Å². The number of rotatable bonds is 6. The first kappa shape index (κ1) is 14.1. The molecule has 1 aromatic carbocycles. The van der Waals surface area contributed by atoms with Crippen LogP contribution in [0.2, 0.25) is 0 Å². The van der Waals surface area contributed by atoms with Crippen LogP contribution in [-0.4, -0.2) is 20.8 Å². The van der Waals surface area contributed by atoms with Crippen LogP contribution in [-0.2, 0) is 4.74 Å². The second kappa shape index (κ2) is 6.67. The minimum Gasteiger partial charge on any atom is -0.385 e. The van der Waals surface area contributed by atoms with Crippen molar-refractivity contribution in [2.45, 2.75) is 19.4 Å². The Morgan fingerprint density at radius 2 is 2.06 bits per heavy atom. The van der Waals surface area contributed by atoms with Gasteiger partial charge in [0.1, 0.15) is 11.6 Å². The molecule has 0 fully saturated rings. The molecule has 0 saturated heterocycles. The van der Waals surface area contributed by atoms with Crippen LogP contribution in [0.3, 0.4) is 0 Å². The second-order valence-corrected chi connectivity index (χ2v) is 4.19. The Morgan fingerprint density at radius 3 is 2.65 bits per heavy atom. The van der Waals surface area contributed by atoms with Gasteiger partial charge in [0.25, 0.3) is 0 Å². The molecule has 0 spiro atoms. The normalized spacial score (nSPS) is 14.6. The van der Waals surface area contributed by atoms with Gasteiger partial charge in [0, 0.05) is 25.3 Å². The summed E-state index contributed by atoms with van der Waals surface area (Å²) in [5.41, 5.74) is 0.371. The molecule has 0 aliphatic carbocycles. The van der Waals surface area contributed by atoms with Crippen LogP contribution in [0, 0.1) is 17.6 Å². The molecule has 0 bridgehead atoms. The number of benzene rings is 1. The second-order valence-electron chi connectivity index (χ2n) is 4.19. The van der Waals surface area contributed by atoms with E-state index in [4.69, 9.17) is 4.74 Å². The van der Waals surface area contributed by atoms with Gasteiger partial charge in [-0.3, -0.25) is 0 Å². The molecule has 0 radical (unpaired) electrons. The lowest BCUT2D eigenvalue weighted by Crippen LogP contribution is -2.25. The topological polar surface area (TPSA) is 21.3 Å². The zero-order valence-corrected chi connectivity index (χ0v) is 10.5. The quantitative estimate of drug-likeness (QED) is 0.829. The van der Waals surface area contributed by atoms with Gasteiger partial charge in [0.2, 0.25) is 0 Å². The lowest BCUT2D eigenvalue weighted by atomic mass is 9.92. The van der Waals surface area contributed by atoms with Gasteiger partial charge in [0.15, 0.2) is 0 Å². The lowest BCUT2D eigenvalue weighted by Gasteiger charge is -2.24. The van der Waals surface area contributed by atoms with Crippen LogP contribution in [0.1, 0.15) is 24.9 Å². The highest BCUT2D eigenvalue weighted by atomic mass is 19.1. The van der Waals surface area contributed by atoms with Gasteiger partial charge in [-0.1, -0.05) is 6.92 Å². The summed E-state index contributed by atoms with van der Waals surface area (Å²) >= 11 is 0. The van der Waals surface area contributed by atoms with Crippen molar-refractivity contribution in [1.82, 2.24) is 5.32 Å². The van der Waals surface area contributed by atoms with Crippen LogP contribution >= 0.6 is 0 Å². The molecule has 1 aromatic rings. The molecular weight excluding hydrogens is 224 g/mol. The van der Waals surface area contributed by atoms with Crippen LogP contribution in [0.15, 0.2) is 18.2 Å². The van der Waals surface area contributed by atoms with Crippen molar-refractivity contribution in [2.75, 3.05) is 20.8 Å². The Bertz CT molecular complexity index is 357. The summed E-state index contributed by atoms with van der Waals surface area (Å²) < 4.78 is 31.8. The fourth-order valence-electron chi connectivity index (χ4n) is 1.97. The Labute approximate surface area is 101 Å². The largest absolute Gasteiger partial charge is 0.385 e. The third-order valence-electron chi connectivity index (χ3n) is 2.95. The van der Waals surface area contributed by atoms with Crippen molar-refractivity contribution < 1.29 is 13.5 Å². The Morgan fingerprint density at radius 1 is 1.35 bits per heavy atom. The summed E-state index contributed by atoms with van der Waals surface area (Å²) in [7, 11) is 3.38. The van der Waals surface area contributed by atoms with E-state index in [0.717, 1.165) is 18.6 Å². The van der Waals surface area contributed by atoms with Gasteiger partial charge in [-0.2, -0.15) is 0 Å². The summed E-state index contributed by atoms with van der Waals surface area (Å²) in [4.78, 5) is 0. The molecular formula is C13H19F2NO. The van der Waals surface area contributed by atoms with E-state index in [1.807, 2.05) is 6.92 Å². The predicted octanol–water partition coefficient (Wildman–Crippen LogP) is 2.90. The molecule has 0 amide bonds. The van der Waals surface area contributed by atoms with Gasteiger partial charge in [-0.15, -0.1) is 0 Å². The SMILES string of the molecule is CNC(c1cc(F)ccc1F)C(C)CCOC. The zero-order valence-electron chi connectivity index (χ0n) is 10.5. The van der Waals surface area contributed by atoms with Crippen molar-refractivity contribution >= 4 is 0 Å². The van der Waals surface area contributed by atoms with Gasteiger partial charge in [-0.25, -0.2) is 8.78 Å². The van der Waals surface area contributed by atoms with E-state index in [1.165, 1.54) is 6.07 Å². The number of hydrogen-bond acceptors (Lipinski definition) is 2. The predicted molar refractivity (Wildman–Crippen MR) is 63.8 cm³/mol. The molecule has 2 unspecified atom stereocenters. The summed E-state index contributed by atoms with van der Waals surface area (Å²) in [5, 5.41) is 3.03. The minimum atomic E-state index is -0.416. The molecule has 0 aromatic heterocycles. The van der Waals surface area contributed by atoms with E-state index in [-0.39, 0.29) is 17.8 Å². The number of nitrogens with one attached hydrogen (secondary N) is 1. The van der Waals surface area contributed by atoms with E-state index in [2.05, 4.69) is 5.32 Å². The number of methoxy groups -OCH3 is 1. The average molecular weight is 243 g/mol. The first-order valence-electron chi connectivity index (χ1n) is 5.71. The van der Waals surface area contributed by atoms with Gasteiger partial charge in [0.05, 0.1) is 0 Å². The van der Waals surface area contributed by atoms with Crippen molar-refractivity contribution in [3.05, 3.63) is 35.4 Å². The van der Waals surface area contributed by atoms with Crippen LogP contribution in [0.4, 0.5) is 8.78 Å². The van der Waals surface area contributed by atoms with Crippen LogP contribution < -0.4 is 5.32 Å². The highest BCUT2D eigenvalue weighted by Crippen LogP contribution is 2.26. The molecule has 1 N–H and O–H groups in total. The van der Waals surface area contributed by atoms with Crippen molar-refractivity contribution in [2.24, 2.45) is 5.92 Å². The average Bonchev–Trinajstić information content (AvgIpc) is 2.32. The van der Waals surface area contributed by atoms with Gasteiger partial charge < -0.3 is 10.1 Å². The molecule has 0 aliphatic rings. The van der Waals surface area contributed by atoms with Crippen molar-refractivity contribution in [3.63, 3.8) is 0 Å². The third kappa shape index (κ3) is 3.75. The third-order valence-corrected chi connectivity index (χ3v) is 2.95. The minimum absolute atomic E-state index is 0.163. The maximum Gasteiger partial charge on any atom is 0.128 e. The van der Waals surface area contributed by atoms with E-state index in [0.29, 0.717) is 12.2 Å². The molecule has 1 rings (SSSR count). The summed E-state index contributed by atoms with van der Waals surface area (Å²) in [6.07, 6.45) is 0.790. The number of hydrogen-bond donors (Lipinski definition) is 1. The smallest absolute Gasteiger partial charge is 0.128 e. The fraction of sp³-hybridized carbons (Fsp3) is 0.538. The highest BCUT2D eigenvalue weighted by molar-refractivity contribution is 5.22. The Kier molecular flexibility index (Phi) is 5.51. The zero-order chi connectivity index (χ0) is 12.8. The molecule has 2 atom stereocenters. The summed E-state index contributed by atoms with van der Waals surface area (Å²) in [6, 6.07) is 3.34. The Balaban J connectivity index is 2.88. The molecule has 0 heterocycles. The highest BCUT2D eigenvalue weighted by Gasteiger charge is 2.21. The first-order chi connectivity index (χ1) is 8.10. The van der Waals surface area contributed by atoms with Crippen LogP contribution in [0.5, 0.6) is 0 Å². The number of ether oxygens (including phenoxy) is 1. The van der Waals surface area contributed by atoms with E-state index < -0.39 is 5.82 Å². The number of halogens is 2. The van der Waals surface area contributed by atoms with Gasteiger partial charge >= 0.3 is 0 Å². The maximum absolute atomic E-state index is 13.7. The van der Waals surface area contributed by atoms with Crippen LogP contribution in [0.25, 0.3) is 0 Å². The first-order valence-corrected chi connectivity index (χ1v) is 5.71.